The van der Waals surface area contributed by atoms with Gasteiger partial charge in [0, 0.05) is 16.8 Å². The Morgan fingerprint density at radius 3 is 2.89 bits per heavy atom. The molecule has 0 radical (unpaired) electrons. The quantitative estimate of drug-likeness (QED) is 0.580. The molecule has 2 nitrogen and oxygen atoms in total. The SMILES string of the molecule is C=C1OC=Cc2c(NC3c4cc(Cl)c(F)c(C)c4[C@H](CC)CC3C)cccc21. The summed E-state index contributed by atoms with van der Waals surface area (Å²) in [7, 11) is 0. The van der Waals surface area contributed by atoms with Crippen molar-refractivity contribution in [2.24, 2.45) is 5.92 Å². The molecular formula is C24H25ClFNO. The van der Waals surface area contributed by atoms with Crippen molar-refractivity contribution in [3.8, 4) is 0 Å². The average molecular weight is 398 g/mol. The van der Waals surface area contributed by atoms with E-state index in [-0.39, 0.29) is 16.9 Å². The lowest BCUT2D eigenvalue weighted by atomic mass is 9.71. The van der Waals surface area contributed by atoms with E-state index in [2.05, 4.69) is 31.8 Å². The van der Waals surface area contributed by atoms with E-state index < -0.39 is 0 Å². The summed E-state index contributed by atoms with van der Waals surface area (Å²) in [4.78, 5) is 0. The summed E-state index contributed by atoms with van der Waals surface area (Å²) in [5.41, 5.74) is 5.99. The second-order valence-electron chi connectivity index (χ2n) is 7.85. The summed E-state index contributed by atoms with van der Waals surface area (Å²) in [6.45, 7) is 10.3. The molecule has 1 heterocycles. The topological polar surface area (TPSA) is 21.3 Å². The third kappa shape index (κ3) is 3.02. The fourth-order valence-corrected chi connectivity index (χ4v) is 4.98. The Hall–Kier alpha value is -2.26. The molecule has 1 aliphatic carbocycles. The standard InChI is InChI=1S/C24H25ClFNO/c1-5-16-11-13(2)24(19-12-20(25)23(26)14(3)22(16)19)27-21-8-6-7-17-15(4)28-10-9-18(17)21/h6-10,12-13,16,24,27H,4-5,11H2,1-3H3/t13?,16-,24?/m1/s1. The number of hydrogen-bond donors (Lipinski definition) is 1. The average Bonchev–Trinajstić information content (AvgIpc) is 2.68. The molecular weight excluding hydrogens is 373 g/mol. The van der Waals surface area contributed by atoms with Gasteiger partial charge in [0.05, 0.1) is 17.3 Å². The van der Waals surface area contributed by atoms with Crippen molar-refractivity contribution < 1.29 is 9.13 Å². The molecule has 0 saturated carbocycles. The van der Waals surface area contributed by atoms with Crippen molar-refractivity contribution in [1.82, 2.24) is 0 Å². The molecule has 2 aromatic rings. The van der Waals surface area contributed by atoms with Gasteiger partial charge in [-0.25, -0.2) is 4.39 Å². The van der Waals surface area contributed by atoms with Crippen LogP contribution in [0.15, 0.2) is 37.1 Å². The third-order valence-corrected chi connectivity index (χ3v) is 6.44. The minimum Gasteiger partial charge on any atom is -0.465 e. The lowest BCUT2D eigenvalue weighted by Gasteiger charge is -2.39. The lowest BCUT2D eigenvalue weighted by Crippen LogP contribution is -2.28. The summed E-state index contributed by atoms with van der Waals surface area (Å²) in [6.07, 6.45) is 5.63. The summed E-state index contributed by atoms with van der Waals surface area (Å²) >= 11 is 6.25. The van der Waals surface area contributed by atoms with Crippen molar-refractivity contribution in [2.75, 3.05) is 5.32 Å². The zero-order valence-corrected chi connectivity index (χ0v) is 17.2. The van der Waals surface area contributed by atoms with Crippen LogP contribution in [0.5, 0.6) is 0 Å². The van der Waals surface area contributed by atoms with Gasteiger partial charge in [0.15, 0.2) is 0 Å². The third-order valence-electron chi connectivity index (χ3n) is 6.16. The van der Waals surface area contributed by atoms with E-state index in [1.165, 1.54) is 0 Å². The number of ether oxygens (including phenoxy) is 1. The van der Waals surface area contributed by atoms with Crippen molar-refractivity contribution in [1.29, 1.82) is 0 Å². The van der Waals surface area contributed by atoms with Gasteiger partial charge in [-0.3, -0.25) is 0 Å². The van der Waals surface area contributed by atoms with Gasteiger partial charge in [-0.1, -0.05) is 44.2 Å². The molecule has 0 fully saturated rings. The van der Waals surface area contributed by atoms with E-state index in [0.717, 1.165) is 40.8 Å². The molecule has 0 spiro atoms. The zero-order valence-electron chi connectivity index (χ0n) is 16.5. The van der Waals surface area contributed by atoms with Gasteiger partial charge in [0.25, 0.3) is 0 Å². The van der Waals surface area contributed by atoms with E-state index in [4.69, 9.17) is 16.3 Å². The molecule has 4 heteroatoms. The molecule has 146 valence electrons. The predicted octanol–water partition coefficient (Wildman–Crippen LogP) is 7.45. The first-order valence-electron chi connectivity index (χ1n) is 9.82. The molecule has 0 bridgehead atoms. The fraction of sp³-hybridized carbons (Fsp3) is 0.333. The number of anilines is 1. The number of rotatable bonds is 3. The van der Waals surface area contributed by atoms with Crippen LogP contribution in [0.2, 0.25) is 5.02 Å². The monoisotopic (exact) mass is 397 g/mol. The van der Waals surface area contributed by atoms with E-state index in [1.807, 2.05) is 31.2 Å². The molecule has 2 aliphatic rings. The molecule has 2 aromatic carbocycles. The molecule has 4 rings (SSSR count). The van der Waals surface area contributed by atoms with Gasteiger partial charge in [0.1, 0.15) is 11.6 Å². The normalized spacial score (nSPS) is 23.0. The van der Waals surface area contributed by atoms with Crippen LogP contribution < -0.4 is 5.32 Å². The van der Waals surface area contributed by atoms with Crippen LogP contribution in [0, 0.1) is 18.7 Å². The summed E-state index contributed by atoms with van der Waals surface area (Å²) < 4.78 is 20.0. The highest BCUT2D eigenvalue weighted by Crippen LogP contribution is 2.47. The molecule has 1 aliphatic heterocycles. The smallest absolute Gasteiger partial charge is 0.144 e. The van der Waals surface area contributed by atoms with Gasteiger partial charge < -0.3 is 10.1 Å². The van der Waals surface area contributed by atoms with Gasteiger partial charge >= 0.3 is 0 Å². The zero-order chi connectivity index (χ0) is 20.0. The van der Waals surface area contributed by atoms with E-state index >= 15 is 0 Å². The van der Waals surface area contributed by atoms with Crippen molar-refractivity contribution >= 4 is 29.1 Å². The van der Waals surface area contributed by atoms with Crippen LogP contribution >= 0.6 is 11.6 Å². The number of halogens is 2. The first kappa shape index (κ1) is 19.1. The Morgan fingerprint density at radius 2 is 2.14 bits per heavy atom. The van der Waals surface area contributed by atoms with Crippen LogP contribution in [0.3, 0.4) is 0 Å². The fourth-order valence-electron chi connectivity index (χ4n) is 4.72. The molecule has 0 amide bonds. The minimum absolute atomic E-state index is 0.0608. The second kappa shape index (κ2) is 7.29. The largest absolute Gasteiger partial charge is 0.465 e. The maximum atomic E-state index is 14.6. The highest BCUT2D eigenvalue weighted by Gasteiger charge is 2.35. The summed E-state index contributed by atoms with van der Waals surface area (Å²) in [5, 5.41) is 3.92. The number of benzene rings is 2. The second-order valence-corrected chi connectivity index (χ2v) is 8.26. The van der Waals surface area contributed by atoms with Crippen LogP contribution in [0.1, 0.15) is 66.5 Å². The van der Waals surface area contributed by atoms with Crippen LogP contribution in [0.4, 0.5) is 10.1 Å². The number of nitrogens with one attached hydrogen (secondary N) is 1. The molecule has 0 saturated heterocycles. The van der Waals surface area contributed by atoms with Crippen LogP contribution in [-0.4, -0.2) is 0 Å². The Bertz CT molecular complexity index is 981. The van der Waals surface area contributed by atoms with E-state index in [0.29, 0.717) is 23.2 Å². The van der Waals surface area contributed by atoms with Gasteiger partial charge in [-0.05, 0) is 66.5 Å². The number of hydrogen-bond acceptors (Lipinski definition) is 2. The maximum Gasteiger partial charge on any atom is 0.144 e. The van der Waals surface area contributed by atoms with Gasteiger partial charge in [0.2, 0.25) is 0 Å². The van der Waals surface area contributed by atoms with Crippen molar-refractivity contribution in [3.63, 3.8) is 0 Å². The Morgan fingerprint density at radius 1 is 1.36 bits per heavy atom. The highest BCUT2D eigenvalue weighted by molar-refractivity contribution is 6.30. The van der Waals surface area contributed by atoms with Crippen LogP contribution in [0.25, 0.3) is 11.8 Å². The van der Waals surface area contributed by atoms with Crippen molar-refractivity contribution in [2.45, 2.75) is 45.6 Å². The Balaban J connectivity index is 1.81. The number of fused-ring (bicyclic) bond motifs is 2. The molecule has 28 heavy (non-hydrogen) atoms. The predicted molar refractivity (Wildman–Crippen MR) is 115 cm³/mol. The molecule has 0 aromatic heterocycles. The first-order valence-corrected chi connectivity index (χ1v) is 10.2. The molecule has 1 N–H and O–H groups in total. The minimum atomic E-state index is -0.291. The van der Waals surface area contributed by atoms with Gasteiger partial charge in [-0.15, -0.1) is 0 Å². The van der Waals surface area contributed by atoms with E-state index in [9.17, 15) is 4.39 Å². The Kier molecular flexibility index (Phi) is 4.96. The summed E-state index contributed by atoms with van der Waals surface area (Å²) in [6, 6.07) is 7.96. The molecule has 3 atom stereocenters. The van der Waals surface area contributed by atoms with Crippen LogP contribution in [-0.2, 0) is 4.74 Å². The van der Waals surface area contributed by atoms with E-state index in [1.54, 1.807) is 6.26 Å². The van der Waals surface area contributed by atoms with Gasteiger partial charge in [-0.2, -0.15) is 0 Å². The summed E-state index contributed by atoms with van der Waals surface area (Å²) in [5.74, 6) is 1.10. The highest BCUT2D eigenvalue weighted by atomic mass is 35.5. The Labute approximate surface area is 171 Å². The molecule has 2 unspecified atom stereocenters. The maximum absolute atomic E-state index is 14.6. The van der Waals surface area contributed by atoms with Crippen molar-refractivity contribution in [3.05, 3.63) is 75.8 Å². The lowest BCUT2D eigenvalue weighted by molar-refractivity contribution is 0.374. The first-order chi connectivity index (χ1) is 13.4.